The number of amidine groups is 1. The number of carbonyl (C=O) groups is 1. The summed E-state index contributed by atoms with van der Waals surface area (Å²) in [5.41, 5.74) is 2.76. The van der Waals surface area contributed by atoms with Gasteiger partial charge in [0.2, 0.25) is 0 Å². The van der Waals surface area contributed by atoms with E-state index in [0.717, 1.165) is 12.1 Å². The molecule has 0 fully saturated rings. The van der Waals surface area contributed by atoms with Gasteiger partial charge in [0.05, 0.1) is 11.6 Å². The summed E-state index contributed by atoms with van der Waals surface area (Å²) in [5.74, 6) is -1.80. The molecule has 0 saturated carbocycles. The first-order valence-corrected chi connectivity index (χ1v) is 9.02. The molecule has 1 atom stereocenters. The Kier molecular flexibility index (Phi) is 5.92. The molecule has 0 radical (unpaired) electrons. The van der Waals surface area contributed by atoms with E-state index in [-0.39, 0.29) is 28.8 Å². The van der Waals surface area contributed by atoms with E-state index in [1.807, 2.05) is 0 Å². The van der Waals surface area contributed by atoms with Crippen molar-refractivity contribution in [2.45, 2.75) is 12.0 Å². The van der Waals surface area contributed by atoms with Gasteiger partial charge >= 0.3 is 0 Å². The third-order valence-corrected chi connectivity index (χ3v) is 4.71. The van der Waals surface area contributed by atoms with Crippen LogP contribution in [0.25, 0.3) is 0 Å². The number of nitrogens with two attached hydrogens (primary N) is 1. The fraction of sp³-hybridized carbons (Fsp3) is 0.235. The molecule has 1 amide bonds. The Morgan fingerprint density at radius 3 is 2.79 bits per heavy atom. The Labute approximate surface area is 171 Å². The van der Waals surface area contributed by atoms with Crippen LogP contribution in [-0.2, 0) is 10.3 Å². The highest BCUT2D eigenvalue weighted by Crippen LogP contribution is 2.38. The topological polar surface area (TPSA) is 89.6 Å². The quantitative estimate of drug-likeness (QED) is 0.702. The Hall–Kier alpha value is -2.17. The van der Waals surface area contributed by atoms with Crippen LogP contribution in [0.2, 0.25) is 5.02 Å². The lowest BCUT2D eigenvalue weighted by Gasteiger charge is -2.33. The van der Waals surface area contributed by atoms with Crippen LogP contribution in [0.4, 0.5) is 18.9 Å². The molecule has 11 heteroatoms. The average molecular weight is 478 g/mol. The number of nitrogens with zero attached hydrogens (tertiary/aromatic N) is 2. The predicted molar refractivity (Wildman–Crippen MR) is 101 cm³/mol. The molecule has 1 aromatic heterocycles. The first-order chi connectivity index (χ1) is 13.2. The molecule has 0 aliphatic carbocycles. The highest BCUT2D eigenvalue weighted by molar-refractivity contribution is 9.10. The van der Waals surface area contributed by atoms with Gasteiger partial charge in [-0.15, -0.1) is 0 Å². The molecular weight excluding hydrogens is 465 g/mol. The van der Waals surface area contributed by atoms with Gasteiger partial charge in [-0.2, -0.15) is 0 Å². The number of aromatic nitrogens is 1. The zero-order valence-corrected chi connectivity index (χ0v) is 16.4. The fourth-order valence-corrected chi connectivity index (χ4v) is 3.42. The predicted octanol–water partition coefficient (Wildman–Crippen LogP) is 3.74. The van der Waals surface area contributed by atoms with Crippen molar-refractivity contribution >= 4 is 45.0 Å². The van der Waals surface area contributed by atoms with Gasteiger partial charge in [-0.25, -0.2) is 18.2 Å². The maximum atomic E-state index is 14.4. The van der Waals surface area contributed by atoms with Crippen LogP contribution in [0.3, 0.4) is 0 Å². The molecular formula is C17H13BrClF3N4O2. The Morgan fingerprint density at radius 2 is 2.14 bits per heavy atom. The van der Waals surface area contributed by atoms with Gasteiger partial charge < -0.3 is 15.8 Å². The fourth-order valence-electron chi connectivity index (χ4n) is 2.71. The van der Waals surface area contributed by atoms with Gasteiger partial charge in [-0.1, -0.05) is 11.6 Å². The van der Waals surface area contributed by atoms with E-state index >= 15 is 0 Å². The summed E-state index contributed by atoms with van der Waals surface area (Å²) in [5, 5.41) is 2.54. The average Bonchev–Trinajstić information content (AvgIpc) is 2.62. The molecule has 2 heterocycles. The van der Waals surface area contributed by atoms with Crippen LogP contribution < -0.4 is 11.1 Å². The van der Waals surface area contributed by atoms with E-state index in [1.54, 1.807) is 0 Å². The number of hydrogen-bond donors (Lipinski definition) is 2. The first kappa shape index (κ1) is 20.6. The minimum absolute atomic E-state index is 0.0570. The summed E-state index contributed by atoms with van der Waals surface area (Å²) in [4.78, 5) is 20.1. The number of rotatable bonds is 4. The zero-order chi connectivity index (χ0) is 20.5. The molecule has 1 aromatic carbocycles. The number of anilines is 1. The van der Waals surface area contributed by atoms with Crippen molar-refractivity contribution < 1.29 is 22.7 Å². The van der Waals surface area contributed by atoms with Crippen LogP contribution in [-0.4, -0.2) is 36.4 Å². The number of nitrogens with one attached hydrogen (secondary N) is 1. The maximum absolute atomic E-state index is 14.4. The molecule has 0 spiro atoms. The molecule has 3 rings (SSSR count). The first-order valence-electron chi connectivity index (χ1n) is 7.85. The molecule has 3 N–H and O–H groups in total. The summed E-state index contributed by atoms with van der Waals surface area (Å²) in [6.45, 7) is -0.681. The molecule has 1 aliphatic rings. The smallest absolute Gasteiger partial charge is 0.275 e. The monoisotopic (exact) mass is 476 g/mol. The van der Waals surface area contributed by atoms with Crippen LogP contribution in [0.5, 0.6) is 0 Å². The largest absolute Gasteiger partial charge is 0.385 e. The van der Waals surface area contributed by atoms with Gasteiger partial charge in [0.1, 0.15) is 24.0 Å². The third kappa shape index (κ3) is 3.98. The molecule has 2 aromatic rings. The van der Waals surface area contributed by atoms with Crippen molar-refractivity contribution in [3.05, 3.63) is 57.0 Å². The number of alkyl halides is 2. The second-order valence-electron chi connectivity index (χ2n) is 5.95. The number of amides is 1. The van der Waals surface area contributed by atoms with Crippen LogP contribution >= 0.6 is 27.5 Å². The zero-order valence-electron chi connectivity index (χ0n) is 14.1. The van der Waals surface area contributed by atoms with E-state index in [1.165, 1.54) is 18.3 Å². The number of hydrogen-bond acceptors (Lipinski definition) is 5. The highest BCUT2D eigenvalue weighted by atomic mass is 79.9. The third-order valence-electron chi connectivity index (χ3n) is 3.99. The van der Waals surface area contributed by atoms with Crippen LogP contribution in [0, 0.1) is 5.82 Å². The highest BCUT2D eigenvalue weighted by Gasteiger charge is 2.46. The summed E-state index contributed by atoms with van der Waals surface area (Å²) >= 11 is 9.16. The van der Waals surface area contributed by atoms with E-state index in [9.17, 15) is 18.0 Å². The SMILES string of the molecule is NC1=NC(c2cc(NC(=O)c3ncc(Br)cc3Cl)ccc2F)(C(F)F)COC1. The van der Waals surface area contributed by atoms with E-state index in [2.05, 4.69) is 31.2 Å². The lowest BCUT2D eigenvalue weighted by molar-refractivity contribution is -0.0145. The summed E-state index contributed by atoms with van der Waals surface area (Å²) in [6.07, 6.45) is -1.71. The molecule has 1 unspecified atom stereocenters. The number of carbonyl (C=O) groups excluding carboxylic acids is 1. The molecule has 28 heavy (non-hydrogen) atoms. The second-order valence-corrected chi connectivity index (χ2v) is 7.28. The van der Waals surface area contributed by atoms with Crippen molar-refractivity contribution in [2.75, 3.05) is 18.5 Å². The molecule has 1 aliphatic heterocycles. The van der Waals surface area contributed by atoms with Crippen molar-refractivity contribution in [3.8, 4) is 0 Å². The van der Waals surface area contributed by atoms with Crippen molar-refractivity contribution in [2.24, 2.45) is 10.7 Å². The molecule has 6 nitrogen and oxygen atoms in total. The van der Waals surface area contributed by atoms with Crippen LogP contribution in [0.1, 0.15) is 16.1 Å². The normalized spacial score (nSPS) is 19.4. The molecule has 148 valence electrons. The number of ether oxygens (including phenoxy) is 1. The Morgan fingerprint density at radius 1 is 1.39 bits per heavy atom. The van der Waals surface area contributed by atoms with Crippen molar-refractivity contribution in [1.29, 1.82) is 0 Å². The second kappa shape index (κ2) is 8.06. The summed E-state index contributed by atoms with van der Waals surface area (Å²) < 4.78 is 47.7. The van der Waals surface area contributed by atoms with Crippen LogP contribution in [0.15, 0.2) is 39.9 Å². The van der Waals surface area contributed by atoms with E-state index < -0.39 is 35.9 Å². The number of benzene rings is 1. The van der Waals surface area contributed by atoms with Gasteiger partial charge in [-0.05, 0) is 40.2 Å². The summed E-state index contributed by atoms with van der Waals surface area (Å²) in [7, 11) is 0. The Bertz CT molecular complexity index is 960. The standard InChI is InChI=1S/C17H13BrClF3N4O2/c18-8-3-11(19)14(24-5-8)15(27)25-9-1-2-12(20)10(4-9)17(16(21)22)7-28-6-13(23)26-17/h1-5,16H,6-7H2,(H2,23,26)(H,25,27). The van der Waals surface area contributed by atoms with Crippen molar-refractivity contribution in [1.82, 2.24) is 4.98 Å². The Balaban J connectivity index is 1.97. The summed E-state index contributed by atoms with van der Waals surface area (Å²) in [6, 6.07) is 4.71. The lowest BCUT2D eigenvalue weighted by Crippen LogP contribution is -2.45. The lowest BCUT2D eigenvalue weighted by atomic mass is 9.90. The van der Waals surface area contributed by atoms with E-state index in [0.29, 0.717) is 4.47 Å². The van der Waals surface area contributed by atoms with Crippen molar-refractivity contribution in [3.63, 3.8) is 0 Å². The van der Waals surface area contributed by atoms with Gasteiger partial charge in [0.25, 0.3) is 12.3 Å². The molecule has 0 bridgehead atoms. The van der Waals surface area contributed by atoms with Gasteiger partial charge in [-0.3, -0.25) is 9.79 Å². The number of pyridine rings is 1. The van der Waals surface area contributed by atoms with Gasteiger partial charge in [0.15, 0.2) is 5.54 Å². The van der Waals surface area contributed by atoms with Gasteiger partial charge in [0, 0.05) is 21.9 Å². The minimum Gasteiger partial charge on any atom is -0.385 e. The minimum atomic E-state index is -3.09. The number of halogens is 5. The van der Waals surface area contributed by atoms with E-state index in [4.69, 9.17) is 22.1 Å². The molecule has 0 saturated heterocycles. The number of aliphatic imine (C=N–C) groups is 1. The maximum Gasteiger partial charge on any atom is 0.275 e.